The van der Waals surface area contributed by atoms with Crippen LogP contribution in [0.4, 0.5) is 0 Å². The van der Waals surface area contributed by atoms with Crippen LogP contribution < -0.4 is 24.0 Å². The van der Waals surface area contributed by atoms with E-state index < -0.39 is 0 Å². The van der Waals surface area contributed by atoms with Crippen molar-refractivity contribution in [2.75, 3.05) is 33.4 Å². The molecule has 0 unspecified atom stereocenters. The SMILES string of the molecule is CC(=O)O[C@H]1CC[C@@]2(C)[C@@H](CC[C@@H]3[C@@H]2CC[C@@]2(C)[C@H]3C[C@H]([N+]3(C)CCOCC3)[C@@H]2OC(C)=O)C1.[I-]. The highest BCUT2D eigenvalue weighted by atomic mass is 127. The summed E-state index contributed by atoms with van der Waals surface area (Å²) >= 11 is 0. The topological polar surface area (TPSA) is 61.8 Å². The van der Waals surface area contributed by atoms with E-state index in [2.05, 4.69) is 20.9 Å². The third-order valence-electron chi connectivity index (χ3n) is 11.5. The number of carbonyl (C=O) groups is 2. The number of carbonyl (C=O) groups excluding carboxylic acids is 2. The smallest absolute Gasteiger partial charge is 0.303 e. The molecule has 1 heterocycles. The molecule has 0 bridgehead atoms. The zero-order valence-corrected chi connectivity index (χ0v) is 24.6. The molecule has 0 aromatic carbocycles. The molecule has 7 heteroatoms. The fraction of sp³-hybridized carbons (Fsp3) is 0.929. The van der Waals surface area contributed by atoms with Crippen LogP contribution in [0.5, 0.6) is 0 Å². The zero-order valence-electron chi connectivity index (χ0n) is 22.4. The van der Waals surface area contributed by atoms with Gasteiger partial charge in [0.2, 0.25) is 0 Å². The number of fused-ring (bicyclic) bond motifs is 5. The van der Waals surface area contributed by atoms with Crippen molar-refractivity contribution in [1.29, 1.82) is 0 Å². The van der Waals surface area contributed by atoms with Crippen LogP contribution in [-0.4, -0.2) is 68.0 Å². The minimum Gasteiger partial charge on any atom is -1.00 e. The van der Waals surface area contributed by atoms with E-state index in [1.807, 2.05) is 0 Å². The van der Waals surface area contributed by atoms with E-state index in [0.29, 0.717) is 29.2 Å². The molecule has 0 aromatic heterocycles. The molecule has 200 valence electrons. The van der Waals surface area contributed by atoms with Crippen LogP contribution in [-0.2, 0) is 23.8 Å². The molecule has 9 atom stereocenters. The Kier molecular flexibility index (Phi) is 7.93. The first-order valence-corrected chi connectivity index (χ1v) is 13.8. The Bertz CT molecular complexity index is 815. The van der Waals surface area contributed by atoms with E-state index in [1.54, 1.807) is 13.8 Å². The normalized spacial score (nSPS) is 46.3. The van der Waals surface area contributed by atoms with Crippen molar-refractivity contribution in [2.45, 2.75) is 97.3 Å². The molecule has 0 radical (unpaired) electrons. The standard InChI is InChI=1S/C28H46NO5.HI/c1-18(30)33-21-8-10-27(3)20(16-21)6-7-22-23(27)9-11-28(4)24(22)17-25(26(28)34-19(2)31)29(5)12-14-32-15-13-29;/h20-26H,6-17H2,1-5H3;1H/q+1;/p-1/t20-,21-,22+,23-,24-,25-,26-,27-,28-;/m0./s1. The lowest BCUT2D eigenvalue weighted by Gasteiger charge is -2.60. The van der Waals surface area contributed by atoms with Gasteiger partial charge in [0.25, 0.3) is 0 Å². The average molecular weight is 604 g/mol. The van der Waals surface area contributed by atoms with E-state index in [-0.39, 0.29) is 53.5 Å². The van der Waals surface area contributed by atoms with Gasteiger partial charge in [0.1, 0.15) is 25.2 Å². The monoisotopic (exact) mass is 603 g/mol. The molecule has 1 aliphatic heterocycles. The second-order valence-corrected chi connectivity index (χ2v) is 13.1. The Balaban J connectivity index is 0.00000289. The number of hydrogen-bond acceptors (Lipinski definition) is 5. The molecule has 0 N–H and O–H groups in total. The Morgan fingerprint density at radius 1 is 0.857 bits per heavy atom. The summed E-state index contributed by atoms with van der Waals surface area (Å²) in [6.45, 7) is 11.8. The first-order chi connectivity index (χ1) is 16.1. The first-order valence-electron chi connectivity index (χ1n) is 13.8. The summed E-state index contributed by atoms with van der Waals surface area (Å²) in [5, 5.41) is 0. The highest BCUT2D eigenvalue weighted by molar-refractivity contribution is 5.66. The molecule has 35 heavy (non-hydrogen) atoms. The Morgan fingerprint density at radius 3 is 2.17 bits per heavy atom. The van der Waals surface area contributed by atoms with Crippen LogP contribution in [0.25, 0.3) is 0 Å². The quantitative estimate of drug-likeness (QED) is 0.277. The number of halogens is 1. The van der Waals surface area contributed by atoms with Gasteiger partial charge in [-0.3, -0.25) is 9.59 Å². The van der Waals surface area contributed by atoms with E-state index in [4.69, 9.17) is 14.2 Å². The van der Waals surface area contributed by atoms with Crippen molar-refractivity contribution in [3.05, 3.63) is 0 Å². The second kappa shape index (κ2) is 10.0. The molecular formula is C28H46INO5. The van der Waals surface area contributed by atoms with Gasteiger partial charge in [-0.2, -0.15) is 0 Å². The van der Waals surface area contributed by atoms with Gasteiger partial charge in [-0.15, -0.1) is 0 Å². The third kappa shape index (κ3) is 4.68. The number of rotatable bonds is 3. The number of likely N-dealkylation sites (N-methyl/N-ethyl adjacent to an activating group) is 1. The predicted molar refractivity (Wildman–Crippen MR) is 129 cm³/mol. The van der Waals surface area contributed by atoms with E-state index in [0.717, 1.165) is 56.0 Å². The van der Waals surface area contributed by atoms with Crippen LogP contribution in [0.3, 0.4) is 0 Å². The average Bonchev–Trinajstić information content (AvgIpc) is 3.07. The fourth-order valence-electron chi connectivity index (χ4n) is 9.59. The van der Waals surface area contributed by atoms with Crippen LogP contribution >= 0.6 is 0 Å². The van der Waals surface area contributed by atoms with Gasteiger partial charge in [-0.05, 0) is 74.0 Å². The molecule has 5 rings (SSSR count). The Labute approximate surface area is 228 Å². The minimum absolute atomic E-state index is 0. The summed E-state index contributed by atoms with van der Waals surface area (Å²) < 4.78 is 18.6. The number of morpholine rings is 1. The molecule has 4 saturated carbocycles. The van der Waals surface area contributed by atoms with Gasteiger partial charge in [0, 0.05) is 25.7 Å². The van der Waals surface area contributed by atoms with Crippen LogP contribution in [0.2, 0.25) is 0 Å². The number of hydrogen-bond donors (Lipinski definition) is 0. The largest absolute Gasteiger partial charge is 1.00 e. The predicted octanol–water partition coefficient (Wildman–Crippen LogP) is 1.35. The lowest BCUT2D eigenvalue weighted by atomic mass is 9.45. The van der Waals surface area contributed by atoms with Gasteiger partial charge >= 0.3 is 11.9 Å². The molecule has 0 spiro atoms. The molecular weight excluding hydrogens is 557 g/mol. The van der Waals surface area contributed by atoms with Gasteiger partial charge in [0.15, 0.2) is 6.10 Å². The molecule has 1 saturated heterocycles. The van der Waals surface area contributed by atoms with E-state index >= 15 is 0 Å². The van der Waals surface area contributed by atoms with Crippen LogP contribution in [0.1, 0.15) is 79.1 Å². The molecule has 6 nitrogen and oxygen atoms in total. The number of nitrogens with zero attached hydrogens (tertiary/aromatic N) is 1. The number of quaternary nitrogens is 1. The maximum absolute atomic E-state index is 12.3. The fourth-order valence-corrected chi connectivity index (χ4v) is 9.59. The van der Waals surface area contributed by atoms with Gasteiger partial charge in [0.05, 0.1) is 20.3 Å². The Hall–Kier alpha value is -0.410. The highest BCUT2D eigenvalue weighted by Crippen LogP contribution is 2.67. The van der Waals surface area contributed by atoms with Gasteiger partial charge in [-0.25, -0.2) is 0 Å². The van der Waals surface area contributed by atoms with Gasteiger partial charge < -0.3 is 42.7 Å². The maximum atomic E-state index is 12.3. The summed E-state index contributed by atoms with van der Waals surface area (Å²) in [4.78, 5) is 23.9. The maximum Gasteiger partial charge on any atom is 0.303 e. The van der Waals surface area contributed by atoms with Crippen molar-refractivity contribution in [2.24, 2.45) is 34.5 Å². The van der Waals surface area contributed by atoms with Crippen molar-refractivity contribution in [3.63, 3.8) is 0 Å². The summed E-state index contributed by atoms with van der Waals surface area (Å²) in [6, 6.07) is 0.367. The van der Waals surface area contributed by atoms with Crippen LogP contribution in [0.15, 0.2) is 0 Å². The van der Waals surface area contributed by atoms with Crippen molar-refractivity contribution in [1.82, 2.24) is 0 Å². The lowest BCUT2D eigenvalue weighted by Crippen LogP contribution is -3.00. The third-order valence-corrected chi connectivity index (χ3v) is 11.5. The van der Waals surface area contributed by atoms with E-state index in [1.165, 1.54) is 32.1 Å². The Morgan fingerprint density at radius 2 is 1.51 bits per heavy atom. The van der Waals surface area contributed by atoms with Crippen molar-refractivity contribution in [3.8, 4) is 0 Å². The summed E-state index contributed by atoms with van der Waals surface area (Å²) in [5.74, 6) is 2.45. The lowest BCUT2D eigenvalue weighted by molar-refractivity contribution is -0.942. The zero-order chi connectivity index (χ0) is 24.3. The highest BCUT2D eigenvalue weighted by Gasteiger charge is 2.66. The van der Waals surface area contributed by atoms with Gasteiger partial charge in [-0.1, -0.05) is 13.8 Å². The van der Waals surface area contributed by atoms with Crippen molar-refractivity contribution >= 4 is 11.9 Å². The van der Waals surface area contributed by atoms with E-state index in [9.17, 15) is 9.59 Å². The molecule has 0 amide bonds. The second-order valence-electron chi connectivity index (χ2n) is 13.1. The molecule has 5 aliphatic rings. The molecule has 5 fully saturated rings. The number of esters is 2. The number of ether oxygens (including phenoxy) is 3. The molecule has 0 aromatic rings. The first kappa shape index (κ1) is 27.6. The minimum atomic E-state index is -0.135. The summed E-state index contributed by atoms with van der Waals surface area (Å²) in [7, 11) is 2.37. The molecule has 4 aliphatic carbocycles. The summed E-state index contributed by atoms with van der Waals surface area (Å²) in [5.41, 5.74) is 0.405. The summed E-state index contributed by atoms with van der Waals surface area (Å²) in [6.07, 6.45) is 9.39. The van der Waals surface area contributed by atoms with Crippen LogP contribution in [0, 0.1) is 34.5 Å². The van der Waals surface area contributed by atoms with Crippen molar-refractivity contribution < 1.29 is 52.3 Å².